The molecule has 5 N–H and O–H groups in total. The first kappa shape index (κ1) is 17.4. The van der Waals surface area contributed by atoms with Gasteiger partial charge >= 0.3 is 0 Å². The molecule has 6 heteroatoms. The molecule has 0 radical (unpaired) electrons. The van der Waals surface area contributed by atoms with Crippen molar-refractivity contribution in [2.75, 3.05) is 5.32 Å². The monoisotopic (exact) mass is 285 g/mol. The Bertz CT molecular complexity index is 475. The fraction of sp³-hybridized carbons (Fsp3) is 0.385. The second-order valence-electron chi connectivity index (χ2n) is 4.65. The molecule has 1 aromatic rings. The molecule has 19 heavy (non-hydrogen) atoms. The number of hydrogen-bond donors (Lipinski definition) is 3. The van der Waals surface area contributed by atoms with Crippen LogP contribution >= 0.6 is 12.4 Å². The summed E-state index contributed by atoms with van der Waals surface area (Å²) in [6, 6.07) is 4.43. The molecule has 0 unspecified atom stereocenters. The topological polar surface area (TPSA) is 98.2 Å². The highest BCUT2D eigenvalue weighted by Crippen LogP contribution is 2.15. The van der Waals surface area contributed by atoms with Crippen molar-refractivity contribution in [3.63, 3.8) is 0 Å². The molecule has 0 fully saturated rings. The molecule has 0 saturated heterocycles. The van der Waals surface area contributed by atoms with Gasteiger partial charge in [0.15, 0.2) is 0 Å². The van der Waals surface area contributed by atoms with Crippen LogP contribution in [0.15, 0.2) is 18.2 Å². The van der Waals surface area contributed by atoms with E-state index in [2.05, 4.69) is 5.32 Å². The molecule has 0 saturated carbocycles. The lowest BCUT2D eigenvalue weighted by Crippen LogP contribution is -2.39. The molecule has 0 aromatic heterocycles. The molecule has 0 spiro atoms. The van der Waals surface area contributed by atoms with E-state index in [1.54, 1.807) is 25.1 Å². The number of carbonyl (C=O) groups is 2. The lowest BCUT2D eigenvalue weighted by molar-refractivity contribution is -0.118. The largest absolute Gasteiger partial charge is 0.366 e. The summed E-state index contributed by atoms with van der Waals surface area (Å²) in [4.78, 5) is 23.0. The summed E-state index contributed by atoms with van der Waals surface area (Å²) in [5, 5.41) is 2.67. The van der Waals surface area contributed by atoms with Gasteiger partial charge in [-0.3, -0.25) is 9.59 Å². The van der Waals surface area contributed by atoms with Gasteiger partial charge in [0, 0.05) is 11.3 Å². The van der Waals surface area contributed by atoms with E-state index in [-0.39, 0.29) is 24.2 Å². The predicted molar refractivity (Wildman–Crippen MR) is 78.4 cm³/mol. The van der Waals surface area contributed by atoms with Crippen molar-refractivity contribution in [1.29, 1.82) is 0 Å². The molecule has 0 bridgehead atoms. The maximum absolute atomic E-state index is 11.8. The number of anilines is 1. The summed E-state index contributed by atoms with van der Waals surface area (Å²) in [6.07, 6.45) is 0. The van der Waals surface area contributed by atoms with Crippen molar-refractivity contribution in [2.24, 2.45) is 17.4 Å². The lowest BCUT2D eigenvalue weighted by atomic mass is 10.0. The molecule has 0 heterocycles. The normalized spacial score (nSPS) is 11.6. The van der Waals surface area contributed by atoms with Crippen LogP contribution in [0.1, 0.15) is 29.8 Å². The fourth-order valence-electron chi connectivity index (χ4n) is 1.49. The smallest absolute Gasteiger partial charge is 0.249 e. The van der Waals surface area contributed by atoms with Gasteiger partial charge in [0.05, 0.1) is 6.04 Å². The van der Waals surface area contributed by atoms with Crippen LogP contribution in [0.4, 0.5) is 5.69 Å². The molecule has 2 amide bonds. The predicted octanol–water partition coefficient (Wildman–Crippen LogP) is 1.44. The van der Waals surface area contributed by atoms with E-state index >= 15 is 0 Å². The second-order valence-corrected chi connectivity index (χ2v) is 4.65. The first-order valence-electron chi connectivity index (χ1n) is 5.79. The minimum atomic E-state index is -0.580. The zero-order valence-corrected chi connectivity index (χ0v) is 12.1. The van der Waals surface area contributed by atoms with Crippen LogP contribution in [0.5, 0.6) is 0 Å². The van der Waals surface area contributed by atoms with Gasteiger partial charge in [-0.05, 0) is 30.5 Å². The molecule has 1 rings (SSSR count). The third-order valence-electron chi connectivity index (χ3n) is 2.79. The number of amides is 2. The van der Waals surface area contributed by atoms with E-state index in [4.69, 9.17) is 11.5 Å². The van der Waals surface area contributed by atoms with Crippen molar-refractivity contribution in [3.8, 4) is 0 Å². The molecular formula is C13H20ClN3O2. The maximum Gasteiger partial charge on any atom is 0.249 e. The molecule has 5 nitrogen and oxygen atoms in total. The van der Waals surface area contributed by atoms with Crippen molar-refractivity contribution in [2.45, 2.75) is 26.8 Å². The second kappa shape index (κ2) is 7.11. The molecule has 106 valence electrons. The number of nitrogens with one attached hydrogen (secondary N) is 1. The number of benzene rings is 1. The Morgan fingerprint density at radius 3 is 2.32 bits per heavy atom. The minimum Gasteiger partial charge on any atom is -0.366 e. The number of aryl methyl sites for hydroxylation is 1. The van der Waals surface area contributed by atoms with E-state index in [9.17, 15) is 9.59 Å². The van der Waals surface area contributed by atoms with Crippen molar-refractivity contribution in [1.82, 2.24) is 0 Å². The van der Waals surface area contributed by atoms with Crippen LogP contribution in [0, 0.1) is 12.8 Å². The van der Waals surface area contributed by atoms with Crippen molar-refractivity contribution in [3.05, 3.63) is 29.3 Å². The van der Waals surface area contributed by atoms with Gasteiger partial charge in [-0.2, -0.15) is 0 Å². The quantitative estimate of drug-likeness (QED) is 0.780. The number of carbonyl (C=O) groups excluding carboxylic acids is 2. The SMILES string of the molecule is Cc1ccc(NC(=O)[C@@H](N)C(C)C)cc1C(N)=O.Cl. The van der Waals surface area contributed by atoms with Crippen LogP contribution in [-0.4, -0.2) is 17.9 Å². The molecule has 1 atom stereocenters. The maximum atomic E-state index is 11.8. The minimum absolute atomic E-state index is 0. The Labute approximate surface area is 119 Å². The number of halogens is 1. The third kappa shape index (κ3) is 4.54. The van der Waals surface area contributed by atoms with Gasteiger partial charge in [0.25, 0.3) is 0 Å². The highest BCUT2D eigenvalue weighted by atomic mass is 35.5. The van der Waals surface area contributed by atoms with Gasteiger partial charge in [-0.1, -0.05) is 19.9 Å². The van der Waals surface area contributed by atoms with E-state index in [1.165, 1.54) is 0 Å². The van der Waals surface area contributed by atoms with E-state index in [1.807, 2.05) is 13.8 Å². The van der Waals surface area contributed by atoms with E-state index < -0.39 is 11.9 Å². The van der Waals surface area contributed by atoms with E-state index in [0.29, 0.717) is 11.3 Å². The number of rotatable bonds is 4. The summed E-state index contributed by atoms with van der Waals surface area (Å²) in [6.45, 7) is 5.52. The average molecular weight is 286 g/mol. The van der Waals surface area contributed by atoms with Crippen LogP contribution in [0.2, 0.25) is 0 Å². The Balaban J connectivity index is 0.00000324. The van der Waals surface area contributed by atoms with Gasteiger partial charge < -0.3 is 16.8 Å². The summed E-state index contributed by atoms with van der Waals surface area (Å²) < 4.78 is 0. The summed E-state index contributed by atoms with van der Waals surface area (Å²) in [5.74, 6) is -0.743. The number of primary amides is 1. The highest BCUT2D eigenvalue weighted by Gasteiger charge is 2.17. The molecule has 0 aliphatic rings. The van der Waals surface area contributed by atoms with Crippen molar-refractivity contribution < 1.29 is 9.59 Å². The zero-order valence-electron chi connectivity index (χ0n) is 11.3. The van der Waals surface area contributed by atoms with Gasteiger partial charge in [0.1, 0.15) is 0 Å². The Hall–Kier alpha value is -1.59. The van der Waals surface area contributed by atoms with Crippen LogP contribution in [-0.2, 0) is 4.79 Å². The summed E-state index contributed by atoms with van der Waals surface area (Å²) in [7, 11) is 0. The van der Waals surface area contributed by atoms with Crippen LogP contribution < -0.4 is 16.8 Å². The molecule has 0 aliphatic heterocycles. The Kier molecular flexibility index (Phi) is 6.52. The number of hydrogen-bond acceptors (Lipinski definition) is 3. The molecular weight excluding hydrogens is 266 g/mol. The standard InChI is InChI=1S/C13H19N3O2.ClH/c1-7(2)11(14)13(18)16-9-5-4-8(3)10(6-9)12(15)17;/h4-7,11H,14H2,1-3H3,(H2,15,17)(H,16,18);1H/t11-;/m0./s1. The molecule has 1 aromatic carbocycles. The van der Waals surface area contributed by atoms with Crippen molar-refractivity contribution >= 4 is 29.9 Å². The van der Waals surface area contributed by atoms with E-state index in [0.717, 1.165) is 5.56 Å². The van der Waals surface area contributed by atoms with Crippen LogP contribution in [0.3, 0.4) is 0 Å². The average Bonchev–Trinajstić information content (AvgIpc) is 2.29. The lowest BCUT2D eigenvalue weighted by Gasteiger charge is -2.15. The third-order valence-corrected chi connectivity index (χ3v) is 2.79. The zero-order chi connectivity index (χ0) is 13.9. The Morgan fingerprint density at radius 2 is 1.84 bits per heavy atom. The Morgan fingerprint density at radius 1 is 1.26 bits per heavy atom. The first-order chi connectivity index (χ1) is 8.32. The van der Waals surface area contributed by atoms with Gasteiger partial charge in [0.2, 0.25) is 11.8 Å². The summed E-state index contributed by atoms with van der Waals surface area (Å²) in [5.41, 5.74) is 12.7. The number of nitrogens with two attached hydrogens (primary N) is 2. The van der Waals surface area contributed by atoms with Gasteiger partial charge in [-0.15, -0.1) is 12.4 Å². The van der Waals surface area contributed by atoms with Gasteiger partial charge in [-0.25, -0.2) is 0 Å². The highest BCUT2D eigenvalue weighted by molar-refractivity contribution is 5.98. The van der Waals surface area contributed by atoms with Crippen LogP contribution in [0.25, 0.3) is 0 Å². The summed E-state index contributed by atoms with van der Waals surface area (Å²) >= 11 is 0. The first-order valence-corrected chi connectivity index (χ1v) is 5.79. The fourth-order valence-corrected chi connectivity index (χ4v) is 1.49. The molecule has 0 aliphatic carbocycles.